The Morgan fingerprint density at radius 3 is 2.68 bits per heavy atom. The zero-order valence-electron chi connectivity index (χ0n) is 10.3. The van der Waals surface area contributed by atoms with E-state index in [0.717, 1.165) is 13.1 Å². The molecular weight excluding hydrogens is 246 g/mol. The van der Waals surface area contributed by atoms with Crippen LogP contribution in [-0.2, 0) is 4.79 Å². The predicted molar refractivity (Wildman–Crippen MR) is 69.4 cm³/mol. The van der Waals surface area contributed by atoms with E-state index in [2.05, 4.69) is 17.2 Å². The fourth-order valence-corrected chi connectivity index (χ4v) is 1.81. The standard InChI is InChI=1S/C13H13N3O3/c17-13(15-9-7-14-8-10-15)6-5-11-3-1-2-4-12(11)16(18)19/h1-4,14H,7-10H2. The molecule has 1 aromatic rings. The highest BCUT2D eigenvalue weighted by molar-refractivity contribution is 5.94. The van der Waals surface area contributed by atoms with Gasteiger partial charge >= 0.3 is 0 Å². The van der Waals surface area contributed by atoms with Gasteiger partial charge in [-0.05, 0) is 12.0 Å². The van der Waals surface area contributed by atoms with Crippen molar-refractivity contribution in [3.63, 3.8) is 0 Å². The zero-order chi connectivity index (χ0) is 13.7. The maximum atomic E-state index is 11.8. The van der Waals surface area contributed by atoms with Gasteiger partial charge < -0.3 is 10.2 Å². The summed E-state index contributed by atoms with van der Waals surface area (Å²) < 4.78 is 0. The number of rotatable bonds is 1. The van der Waals surface area contributed by atoms with Gasteiger partial charge in [0.25, 0.3) is 11.6 Å². The number of nitrogens with zero attached hydrogens (tertiary/aromatic N) is 2. The number of nitro benzene ring substituents is 1. The van der Waals surface area contributed by atoms with Gasteiger partial charge in [-0.1, -0.05) is 12.1 Å². The third-order valence-electron chi connectivity index (χ3n) is 2.81. The van der Waals surface area contributed by atoms with E-state index in [4.69, 9.17) is 0 Å². The van der Waals surface area contributed by atoms with Gasteiger partial charge in [-0.3, -0.25) is 14.9 Å². The highest BCUT2D eigenvalue weighted by Crippen LogP contribution is 2.15. The molecule has 1 aliphatic heterocycles. The highest BCUT2D eigenvalue weighted by Gasteiger charge is 2.14. The summed E-state index contributed by atoms with van der Waals surface area (Å²) in [7, 11) is 0. The van der Waals surface area contributed by atoms with Crippen LogP contribution in [0.1, 0.15) is 5.56 Å². The molecule has 1 fully saturated rings. The number of piperazine rings is 1. The van der Waals surface area contributed by atoms with E-state index in [0.29, 0.717) is 13.1 Å². The van der Waals surface area contributed by atoms with Crippen molar-refractivity contribution in [2.45, 2.75) is 0 Å². The fourth-order valence-electron chi connectivity index (χ4n) is 1.81. The molecule has 2 rings (SSSR count). The molecule has 1 aromatic carbocycles. The molecule has 0 spiro atoms. The molecule has 6 heteroatoms. The fraction of sp³-hybridized carbons (Fsp3) is 0.308. The van der Waals surface area contributed by atoms with E-state index in [1.165, 1.54) is 12.1 Å². The maximum absolute atomic E-state index is 11.8. The molecule has 98 valence electrons. The van der Waals surface area contributed by atoms with Crippen LogP contribution in [0.15, 0.2) is 24.3 Å². The average Bonchev–Trinajstić information content (AvgIpc) is 2.46. The molecule has 0 unspecified atom stereocenters. The molecule has 1 aliphatic rings. The Morgan fingerprint density at radius 1 is 1.32 bits per heavy atom. The van der Waals surface area contributed by atoms with Crippen LogP contribution in [0.4, 0.5) is 5.69 Å². The summed E-state index contributed by atoms with van der Waals surface area (Å²) in [5.74, 6) is 4.77. The Morgan fingerprint density at radius 2 is 2.00 bits per heavy atom. The largest absolute Gasteiger partial charge is 0.329 e. The maximum Gasteiger partial charge on any atom is 0.298 e. The van der Waals surface area contributed by atoms with Crippen LogP contribution >= 0.6 is 0 Å². The van der Waals surface area contributed by atoms with E-state index >= 15 is 0 Å². The normalized spacial score (nSPS) is 14.4. The lowest BCUT2D eigenvalue weighted by molar-refractivity contribution is -0.385. The molecule has 1 saturated heterocycles. The van der Waals surface area contributed by atoms with Crippen LogP contribution in [0.5, 0.6) is 0 Å². The zero-order valence-corrected chi connectivity index (χ0v) is 10.3. The number of nitrogens with one attached hydrogen (secondary N) is 1. The van der Waals surface area contributed by atoms with Gasteiger partial charge in [-0.15, -0.1) is 0 Å². The molecular formula is C13H13N3O3. The molecule has 0 radical (unpaired) electrons. The lowest BCUT2D eigenvalue weighted by Crippen LogP contribution is -2.46. The first-order valence-electron chi connectivity index (χ1n) is 5.93. The quantitative estimate of drug-likeness (QED) is 0.449. The first-order chi connectivity index (χ1) is 9.18. The minimum atomic E-state index is -0.501. The molecule has 0 aliphatic carbocycles. The number of carbonyl (C=O) groups is 1. The van der Waals surface area contributed by atoms with Crippen molar-refractivity contribution in [1.82, 2.24) is 10.2 Å². The van der Waals surface area contributed by atoms with Crippen molar-refractivity contribution in [2.75, 3.05) is 26.2 Å². The van der Waals surface area contributed by atoms with Crippen LogP contribution in [-0.4, -0.2) is 41.9 Å². The predicted octanol–water partition coefficient (Wildman–Crippen LogP) is 0.378. The van der Waals surface area contributed by atoms with Crippen molar-refractivity contribution in [3.05, 3.63) is 39.9 Å². The molecule has 0 bridgehead atoms. The van der Waals surface area contributed by atoms with Crippen LogP contribution in [0.3, 0.4) is 0 Å². The van der Waals surface area contributed by atoms with Crippen molar-refractivity contribution < 1.29 is 9.72 Å². The third kappa shape index (κ3) is 3.30. The van der Waals surface area contributed by atoms with Crippen molar-refractivity contribution >= 4 is 11.6 Å². The van der Waals surface area contributed by atoms with Crippen LogP contribution in [0.2, 0.25) is 0 Å². The van der Waals surface area contributed by atoms with Crippen molar-refractivity contribution in [3.8, 4) is 11.8 Å². The minimum absolute atomic E-state index is 0.0805. The number of hydrogen-bond acceptors (Lipinski definition) is 4. The van der Waals surface area contributed by atoms with Gasteiger partial charge in [-0.25, -0.2) is 0 Å². The Hall–Kier alpha value is -2.39. The van der Waals surface area contributed by atoms with Crippen molar-refractivity contribution in [2.24, 2.45) is 0 Å². The average molecular weight is 259 g/mol. The van der Waals surface area contributed by atoms with Crippen LogP contribution < -0.4 is 5.32 Å². The van der Waals surface area contributed by atoms with E-state index in [1.54, 1.807) is 17.0 Å². The van der Waals surface area contributed by atoms with Gasteiger partial charge in [0.1, 0.15) is 5.56 Å². The number of para-hydroxylation sites is 1. The molecule has 1 heterocycles. The second-order valence-electron chi connectivity index (χ2n) is 4.07. The summed E-state index contributed by atoms with van der Waals surface area (Å²) in [4.78, 5) is 23.7. The number of carbonyl (C=O) groups excluding carboxylic acids is 1. The summed E-state index contributed by atoms with van der Waals surface area (Å²) in [5, 5.41) is 13.9. The number of benzene rings is 1. The van der Waals surface area contributed by atoms with Gasteiger partial charge in [0, 0.05) is 38.2 Å². The second-order valence-corrected chi connectivity index (χ2v) is 4.07. The SMILES string of the molecule is O=C(C#Cc1ccccc1[N+](=O)[O-])N1CCNCC1. The number of amides is 1. The Kier molecular flexibility index (Phi) is 4.11. The molecule has 19 heavy (non-hydrogen) atoms. The topological polar surface area (TPSA) is 75.5 Å². The summed E-state index contributed by atoms with van der Waals surface area (Å²) in [5.41, 5.74) is 0.180. The summed E-state index contributed by atoms with van der Waals surface area (Å²) in [6.07, 6.45) is 0. The molecule has 0 atom stereocenters. The lowest BCUT2D eigenvalue weighted by Gasteiger charge is -2.25. The van der Waals surface area contributed by atoms with E-state index in [9.17, 15) is 14.9 Å². The van der Waals surface area contributed by atoms with Crippen LogP contribution in [0, 0.1) is 22.0 Å². The first kappa shape index (κ1) is 13.1. The molecule has 6 nitrogen and oxygen atoms in total. The number of nitro groups is 1. The Bertz CT molecular complexity index is 554. The Labute approximate surface area is 110 Å². The lowest BCUT2D eigenvalue weighted by atomic mass is 10.2. The number of hydrogen-bond donors (Lipinski definition) is 1. The minimum Gasteiger partial charge on any atom is -0.329 e. The second kappa shape index (κ2) is 5.98. The van der Waals surface area contributed by atoms with Gasteiger partial charge in [0.2, 0.25) is 0 Å². The van der Waals surface area contributed by atoms with E-state index in [-0.39, 0.29) is 17.2 Å². The van der Waals surface area contributed by atoms with Crippen molar-refractivity contribution in [1.29, 1.82) is 0 Å². The summed E-state index contributed by atoms with van der Waals surface area (Å²) >= 11 is 0. The van der Waals surface area contributed by atoms with Gasteiger partial charge in [0.05, 0.1) is 4.92 Å². The van der Waals surface area contributed by atoms with E-state index < -0.39 is 4.92 Å². The third-order valence-corrected chi connectivity index (χ3v) is 2.81. The molecule has 0 aromatic heterocycles. The smallest absolute Gasteiger partial charge is 0.298 e. The van der Waals surface area contributed by atoms with Crippen LogP contribution in [0.25, 0.3) is 0 Å². The molecule has 1 amide bonds. The molecule has 0 saturated carbocycles. The van der Waals surface area contributed by atoms with Gasteiger partial charge in [-0.2, -0.15) is 0 Å². The summed E-state index contributed by atoms with van der Waals surface area (Å²) in [6, 6.07) is 6.14. The molecule has 1 N–H and O–H groups in total. The monoisotopic (exact) mass is 259 g/mol. The van der Waals surface area contributed by atoms with Gasteiger partial charge in [0.15, 0.2) is 0 Å². The highest BCUT2D eigenvalue weighted by atomic mass is 16.6. The Balaban J connectivity index is 2.15. The van der Waals surface area contributed by atoms with E-state index in [1.807, 2.05) is 0 Å². The summed E-state index contributed by atoms with van der Waals surface area (Å²) in [6.45, 7) is 2.73. The first-order valence-corrected chi connectivity index (χ1v) is 5.93.